The molecule has 3 heteroatoms. The lowest BCUT2D eigenvalue weighted by Gasteiger charge is -2.38. The Morgan fingerprint density at radius 2 is 2.10 bits per heavy atom. The van der Waals surface area contributed by atoms with Gasteiger partial charge in [-0.05, 0) is 49.9 Å². The molecule has 1 aliphatic rings. The van der Waals surface area contributed by atoms with Gasteiger partial charge in [-0.15, -0.1) is 0 Å². The van der Waals surface area contributed by atoms with Gasteiger partial charge in [0.05, 0.1) is 23.6 Å². The Balaban J connectivity index is 2.08. The minimum Gasteiger partial charge on any atom is -0.298 e. The zero-order chi connectivity index (χ0) is 15.2. The second-order valence-corrected chi connectivity index (χ2v) is 6.12. The Kier molecular flexibility index (Phi) is 5.37. The fourth-order valence-electron chi connectivity index (χ4n) is 3.38. The van der Waals surface area contributed by atoms with Crippen molar-refractivity contribution >= 4 is 0 Å². The summed E-state index contributed by atoms with van der Waals surface area (Å²) in [6, 6.07) is 12.8. The highest BCUT2D eigenvalue weighted by Crippen LogP contribution is 2.33. The highest BCUT2D eigenvalue weighted by molar-refractivity contribution is 5.32. The summed E-state index contributed by atoms with van der Waals surface area (Å²) in [5.41, 5.74) is 1.85. The van der Waals surface area contributed by atoms with E-state index in [4.69, 9.17) is 5.26 Å². The minimum atomic E-state index is 0.136. The summed E-state index contributed by atoms with van der Waals surface area (Å²) in [6.07, 6.45) is 4.51. The van der Waals surface area contributed by atoms with E-state index in [1.54, 1.807) is 0 Å². The normalized spacial score (nSPS) is 25.3. The van der Waals surface area contributed by atoms with Crippen LogP contribution in [0.4, 0.5) is 0 Å². The quantitative estimate of drug-likeness (QED) is 0.845. The SMILES string of the molecule is CCC1CCC(C#N)C(N(C)Cc2cccc(C#N)c2)C1. The number of nitriles is 2. The molecular weight excluding hydrogens is 258 g/mol. The maximum absolute atomic E-state index is 9.40. The molecule has 21 heavy (non-hydrogen) atoms. The third-order valence-electron chi connectivity index (χ3n) is 4.72. The van der Waals surface area contributed by atoms with Crippen LogP contribution in [0.2, 0.25) is 0 Å². The molecule has 3 nitrogen and oxygen atoms in total. The molecule has 0 amide bonds. The van der Waals surface area contributed by atoms with Crippen LogP contribution in [-0.2, 0) is 6.54 Å². The first kappa shape index (κ1) is 15.5. The lowest BCUT2D eigenvalue weighted by Crippen LogP contribution is -2.41. The van der Waals surface area contributed by atoms with Crippen LogP contribution in [-0.4, -0.2) is 18.0 Å². The molecule has 0 aromatic heterocycles. The van der Waals surface area contributed by atoms with Crippen molar-refractivity contribution in [3.05, 3.63) is 35.4 Å². The molecule has 0 spiro atoms. The Labute approximate surface area is 127 Å². The second kappa shape index (κ2) is 7.25. The molecule has 0 heterocycles. The topological polar surface area (TPSA) is 50.8 Å². The molecule has 110 valence electrons. The molecule has 1 fully saturated rings. The first-order chi connectivity index (χ1) is 10.2. The lowest BCUT2D eigenvalue weighted by atomic mass is 9.77. The fourth-order valence-corrected chi connectivity index (χ4v) is 3.38. The highest BCUT2D eigenvalue weighted by atomic mass is 15.1. The molecule has 1 aromatic carbocycles. The standard InChI is InChI=1S/C18H23N3/c1-3-14-7-8-17(12-20)18(10-14)21(2)13-16-6-4-5-15(9-16)11-19/h4-6,9,14,17-18H,3,7-8,10,13H2,1-2H3. The van der Waals surface area contributed by atoms with Gasteiger partial charge in [-0.1, -0.05) is 25.5 Å². The average molecular weight is 281 g/mol. The minimum absolute atomic E-state index is 0.136. The van der Waals surface area contributed by atoms with Gasteiger partial charge in [0.25, 0.3) is 0 Å². The zero-order valence-electron chi connectivity index (χ0n) is 12.9. The van der Waals surface area contributed by atoms with Crippen LogP contribution in [0.5, 0.6) is 0 Å². The largest absolute Gasteiger partial charge is 0.298 e. The van der Waals surface area contributed by atoms with Crippen LogP contribution in [0.3, 0.4) is 0 Å². The van der Waals surface area contributed by atoms with Gasteiger partial charge < -0.3 is 0 Å². The van der Waals surface area contributed by atoms with E-state index in [2.05, 4.69) is 37.1 Å². The van der Waals surface area contributed by atoms with E-state index >= 15 is 0 Å². The van der Waals surface area contributed by atoms with E-state index in [-0.39, 0.29) is 5.92 Å². The molecule has 0 radical (unpaired) electrons. The van der Waals surface area contributed by atoms with Gasteiger partial charge in [-0.25, -0.2) is 0 Å². The third-order valence-corrected chi connectivity index (χ3v) is 4.72. The summed E-state index contributed by atoms with van der Waals surface area (Å²) in [4.78, 5) is 2.30. The number of benzene rings is 1. The zero-order valence-corrected chi connectivity index (χ0v) is 12.9. The van der Waals surface area contributed by atoms with E-state index in [0.717, 1.165) is 30.9 Å². The smallest absolute Gasteiger partial charge is 0.0991 e. The van der Waals surface area contributed by atoms with Crippen LogP contribution in [0.25, 0.3) is 0 Å². The van der Waals surface area contributed by atoms with E-state index in [1.165, 1.54) is 12.8 Å². The van der Waals surface area contributed by atoms with Crippen LogP contribution in [0, 0.1) is 34.5 Å². The molecule has 3 unspecified atom stereocenters. The number of hydrogen-bond donors (Lipinski definition) is 0. The highest BCUT2D eigenvalue weighted by Gasteiger charge is 2.32. The van der Waals surface area contributed by atoms with Crippen molar-refractivity contribution in [2.24, 2.45) is 11.8 Å². The first-order valence-electron chi connectivity index (χ1n) is 7.76. The first-order valence-corrected chi connectivity index (χ1v) is 7.76. The monoisotopic (exact) mass is 281 g/mol. The van der Waals surface area contributed by atoms with Crippen LogP contribution in [0.15, 0.2) is 24.3 Å². The molecule has 1 aromatic rings. The Hall–Kier alpha value is -1.84. The second-order valence-electron chi connectivity index (χ2n) is 6.12. The van der Waals surface area contributed by atoms with Gasteiger partial charge in [0, 0.05) is 12.6 Å². The summed E-state index contributed by atoms with van der Waals surface area (Å²) < 4.78 is 0. The Morgan fingerprint density at radius 3 is 2.76 bits per heavy atom. The van der Waals surface area contributed by atoms with Gasteiger partial charge in [-0.3, -0.25) is 4.90 Å². The van der Waals surface area contributed by atoms with E-state index in [1.807, 2.05) is 18.2 Å². The number of nitrogens with zero attached hydrogens (tertiary/aromatic N) is 3. The van der Waals surface area contributed by atoms with E-state index < -0.39 is 0 Å². The fraction of sp³-hybridized carbons (Fsp3) is 0.556. The summed E-state index contributed by atoms with van der Waals surface area (Å²) in [6.45, 7) is 3.04. The van der Waals surface area contributed by atoms with Gasteiger partial charge in [0.1, 0.15) is 0 Å². The van der Waals surface area contributed by atoms with Crippen molar-refractivity contribution < 1.29 is 0 Å². The summed E-state index contributed by atoms with van der Waals surface area (Å²) in [7, 11) is 2.10. The summed E-state index contributed by atoms with van der Waals surface area (Å²) >= 11 is 0. The summed E-state index contributed by atoms with van der Waals surface area (Å²) in [5, 5.41) is 18.4. The molecule has 0 saturated heterocycles. The van der Waals surface area contributed by atoms with Crippen molar-refractivity contribution in [3.8, 4) is 12.1 Å². The Morgan fingerprint density at radius 1 is 1.29 bits per heavy atom. The van der Waals surface area contributed by atoms with Gasteiger partial charge in [-0.2, -0.15) is 10.5 Å². The lowest BCUT2D eigenvalue weighted by molar-refractivity contribution is 0.118. The maximum Gasteiger partial charge on any atom is 0.0991 e. The molecule has 1 aliphatic carbocycles. The molecule has 0 N–H and O–H groups in total. The Bertz CT molecular complexity index is 552. The van der Waals surface area contributed by atoms with Gasteiger partial charge in [0.15, 0.2) is 0 Å². The van der Waals surface area contributed by atoms with Crippen molar-refractivity contribution in [2.45, 2.75) is 45.2 Å². The molecule has 0 aliphatic heterocycles. The molecule has 3 atom stereocenters. The van der Waals surface area contributed by atoms with Crippen LogP contribution in [0.1, 0.15) is 43.7 Å². The predicted octanol–water partition coefficient (Wildman–Crippen LogP) is 3.71. The van der Waals surface area contributed by atoms with Crippen molar-refractivity contribution in [1.29, 1.82) is 10.5 Å². The maximum atomic E-state index is 9.40. The predicted molar refractivity (Wildman–Crippen MR) is 83.1 cm³/mol. The molecule has 0 bridgehead atoms. The van der Waals surface area contributed by atoms with Gasteiger partial charge in [0.2, 0.25) is 0 Å². The third kappa shape index (κ3) is 3.84. The van der Waals surface area contributed by atoms with Gasteiger partial charge >= 0.3 is 0 Å². The van der Waals surface area contributed by atoms with Crippen LogP contribution >= 0.6 is 0 Å². The average Bonchev–Trinajstić information content (AvgIpc) is 2.54. The van der Waals surface area contributed by atoms with Crippen LogP contribution < -0.4 is 0 Å². The molecular formula is C18H23N3. The van der Waals surface area contributed by atoms with Crippen molar-refractivity contribution in [3.63, 3.8) is 0 Å². The molecule has 2 rings (SSSR count). The molecule has 1 saturated carbocycles. The number of rotatable bonds is 4. The number of hydrogen-bond acceptors (Lipinski definition) is 3. The van der Waals surface area contributed by atoms with Crippen molar-refractivity contribution in [2.75, 3.05) is 7.05 Å². The van der Waals surface area contributed by atoms with E-state index in [0.29, 0.717) is 11.6 Å². The van der Waals surface area contributed by atoms with Crippen molar-refractivity contribution in [1.82, 2.24) is 4.90 Å². The van der Waals surface area contributed by atoms with E-state index in [9.17, 15) is 5.26 Å². The summed E-state index contributed by atoms with van der Waals surface area (Å²) in [5.74, 6) is 0.879.